The fourth-order valence-corrected chi connectivity index (χ4v) is 3.05. The van der Waals surface area contributed by atoms with Crippen LogP contribution in [0.4, 0.5) is 0 Å². The number of nitrogens with zero attached hydrogens (tertiary/aromatic N) is 1. The molecule has 6 nitrogen and oxygen atoms in total. The summed E-state index contributed by atoms with van der Waals surface area (Å²) >= 11 is 0. The van der Waals surface area contributed by atoms with Crippen LogP contribution in [0, 0.1) is 0 Å². The van der Waals surface area contributed by atoms with E-state index in [2.05, 4.69) is 4.98 Å². The van der Waals surface area contributed by atoms with E-state index in [-0.39, 0.29) is 10.8 Å². The largest absolute Gasteiger partial charge is 0.503 e. The average Bonchev–Trinajstić information content (AvgIpc) is 2.50. The molecular weight excluding hydrogens is 304 g/mol. The van der Waals surface area contributed by atoms with E-state index < -0.39 is 21.5 Å². The maximum absolute atomic E-state index is 12.2. The number of aromatic nitrogens is 1. The van der Waals surface area contributed by atoms with Gasteiger partial charge in [-0.3, -0.25) is 4.79 Å². The molecule has 1 aromatic heterocycles. The first-order chi connectivity index (χ1) is 10.4. The van der Waals surface area contributed by atoms with E-state index in [9.17, 15) is 18.3 Å². The summed E-state index contributed by atoms with van der Waals surface area (Å²) in [6.07, 6.45) is 2.63. The zero-order valence-corrected chi connectivity index (χ0v) is 12.3. The molecule has 1 aromatic carbocycles. The van der Waals surface area contributed by atoms with E-state index in [4.69, 9.17) is 5.73 Å². The molecule has 0 radical (unpaired) electrons. The third kappa shape index (κ3) is 3.92. The standard InChI is InChI=1S/C15H14N2O4S/c16-15(19)13(18)9-11-4-6-12(7-5-11)10-22(20,21)14-3-1-2-8-17-14/h1-9,18H,10H2,(H2,16,19). The van der Waals surface area contributed by atoms with Gasteiger partial charge in [0.15, 0.2) is 20.6 Å². The maximum atomic E-state index is 12.2. The molecule has 114 valence electrons. The van der Waals surface area contributed by atoms with Crippen molar-refractivity contribution < 1.29 is 18.3 Å². The van der Waals surface area contributed by atoms with Gasteiger partial charge in [0.05, 0.1) is 5.75 Å². The van der Waals surface area contributed by atoms with Crippen LogP contribution >= 0.6 is 0 Å². The van der Waals surface area contributed by atoms with Gasteiger partial charge in [0.1, 0.15) is 0 Å². The van der Waals surface area contributed by atoms with Gasteiger partial charge in [0.25, 0.3) is 5.91 Å². The zero-order chi connectivity index (χ0) is 16.2. The summed E-state index contributed by atoms with van der Waals surface area (Å²) in [5.41, 5.74) is 6.03. The van der Waals surface area contributed by atoms with E-state index in [1.54, 1.807) is 36.4 Å². The molecule has 0 saturated heterocycles. The fraction of sp³-hybridized carbons (Fsp3) is 0.0667. The Labute approximate surface area is 127 Å². The summed E-state index contributed by atoms with van der Waals surface area (Å²) in [6.45, 7) is 0. The summed E-state index contributed by atoms with van der Waals surface area (Å²) < 4.78 is 24.4. The van der Waals surface area contributed by atoms with Crippen LogP contribution in [0.25, 0.3) is 6.08 Å². The molecule has 22 heavy (non-hydrogen) atoms. The Morgan fingerprint density at radius 2 is 1.86 bits per heavy atom. The van der Waals surface area contributed by atoms with Crippen molar-refractivity contribution in [3.63, 3.8) is 0 Å². The van der Waals surface area contributed by atoms with Crippen LogP contribution in [0.15, 0.2) is 59.4 Å². The Morgan fingerprint density at radius 3 is 2.41 bits per heavy atom. The predicted octanol–water partition coefficient (Wildman–Crippen LogP) is 1.44. The number of pyridine rings is 1. The summed E-state index contributed by atoms with van der Waals surface area (Å²) in [7, 11) is -3.51. The van der Waals surface area contributed by atoms with Crippen molar-refractivity contribution in [3.8, 4) is 0 Å². The molecule has 3 N–H and O–H groups in total. The van der Waals surface area contributed by atoms with Gasteiger partial charge in [-0.25, -0.2) is 13.4 Å². The first-order valence-corrected chi connectivity index (χ1v) is 7.97. The lowest BCUT2D eigenvalue weighted by Crippen LogP contribution is -2.13. The van der Waals surface area contributed by atoms with Crippen LogP contribution in [-0.4, -0.2) is 24.4 Å². The summed E-state index contributed by atoms with van der Waals surface area (Å²) in [5, 5.41) is 9.29. The normalized spacial score (nSPS) is 12.1. The van der Waals surface area contributed by atoms with Gasteiger partial charge in [-0.1, -0.05) is 30.3 Å². The summed E-state index contributed by atoms with van der Waals surface area (Å²) in [5.74, 6) is -1.67. The van der Waals surface area contributed by atoms with E-state index in [0.717, 1.165) is 0 Å². The third-order valence-corrected chi connectivity index (χ3v) is 4.44. The Hall–Kier alpha value is -2.67. The number of aliphatic hydroxyl groups is 1. The monoisotopic (exact) mass is 318 g/mol. The lowest BCUT2D eigenvalue weighted by Gasteiger charge is -2.04. The fourth-order valence-electron chi connectivity index (χ4n) is 1.76. The minimum absolute atomic E-state index is 0.0188. The highest BCUT2D eigenvalue weighted by atomic mass is 32.2. The Kier molecular flexibility index (Phi) is 4.57. The molecule has 0 aliphatic carbocycles. The van der Waals surface area contributed by atoms with Crippen LogP contribution in [0.3, 0.4) is 0 Å². The SMILES string of the molecule is NC(=O)C(O)=Cc1ccc(CS(=O)(=O)c2ccccn2)cc1. The number of benzene rings is 1. The van der Waals surface area contributed by atoms with Crippen LogP contribution in [-0.2, 0) is 20.4 Å². The average molecular weight is 318 g/mol. The van der Waals surface area contributed by atoms with Crippen molar-refractivity contribution in [2.45, 2.75) is 10.8 Å². The number of carbonyl (C=O) groups is 1. The molecule has 1 heterocycles. The van der Waals surface area contributed by atoms with Gasteiger partial charge in [-0.05, 0) is 29.3 Å². The minimum atomic E-state index is -3.51. The molecule has 0 saturated carbocycles. The van der Waals surface area contributed by atoms with E-state index in [1.807, 2.05) is 0 Å². The summed E-state index contributed by atoms with van der Waals surface area (Å²) in [6, 6.07) is 11.1. The Bertz CT molecular complexity index is 797. The highest BCUT2D eigenvalue weighted by Gasteiger charge is 2.16. The lowest BCUT2D eigenvalue weighted by molar-refractivity contribution is -0.116. The molecule has 0 atom stereocenters. The van der Waals surface area contributed by atoms with Crippen LogP contribution < -0.4 is 5.73 Å². The Morgan fingerprint density at radius 1 is 1.18 bits per heavy atom. The molecular formula is C15H14N2O4S. The lowest BCUT2D eigenvalue weighted by atomic mass is 10.1. The van der Waals surface area contributed by atoms with Gasteiger partial charge in [0.2, 0.25) is 0 Å². The topological polar surface area (TPSA) is 110 Å². The molecule has 0 fully saturated rings. The van der Waals surface area contributed by atoms with Crippen LogP contribution in [0.5, 0.6) is 0 Å². The minimum Gasteiger partial charge on any atom is -0.503 e. The van der Waals surface area contributed by atoms with E-state index in [1.165, 1.54) is 18.3 Å². The molecule has 0 aliphatic heterocycles. The zero-order valence-electron chi connectivity index (χ0n) is 11.5. The second-order valence-electron chi connectivity index (χ2n) is 4.56. The van der Waals surface area contributed by atoms with Crippen molar-refractivity contribution in [1.82, 2.24) is 4.98 Å². The predicted molar refractivity (Wildman–Crippen MR) is 81.4 cm³/mol. The highest BCUT2D eigenvalue weighted by Crippen LogP contribution is 2.15. The van der Waals surface area contributed by atoms with Crippen LogP contribution in [0.1, 0.15) is 11.1 Å². The van der Waals surface area contributed by atoms with Crippen molar-refractivity contribution in [2.24, 2.45) is 5.73 Å². The molecule has 2 aromatic rings. The maximum Gasteiger partial charge on any atom is 0.283 e. The molecule has 2 rings (SSSR count). The third-order valence-electron chi connectivity index (χ3n) is 2.85. The number of hydrogen-bond donors (Lipinski definition) is 2. The van der Waals surface area contributed by atoms with Crippen molar-refractivity contribution >= 4 is 21.8 Å². The van der Waals surface area contributed by atoms with Crippen LogP contribution in [0.2, 0.25) is 0 Å². The van der Waals surface area contributed by atoms with E-state index in [0.29, 0.717) is 11.1 Å². The van der Waals surface area contributed by atoms with Crippen molar-refractivity contribution in [2.75, 3.05) is 0 Å². The molecule has 0 spiro atoms. The Balaban J connectivity index is 2.19. The number of hydrogen-bond acceptors (Lipinski definition) is 5. The number of sulfone groups is 1. The second-order valence-corrected chi connectivity index (χ2v) is 6.50. The molecule has 0 aliphatic rings. The van der Waals surface area contributed by atoms with Gasteiger partial charge >= 0.3 is 0 Å². The second kappa shape index (κ2) is 6.40. The van der Waals surface area contributed by atoms with Crippen molar-refractivity contribution in [1.29, 1.82) is 0 Å². The number of rotatable bonds is 5. The number of primary amides is 1. The summed E-state index contributed by atoms with van der Waals surface area (Å²) in [4.78, 5) is 14.6. The smallest absolute Gasteiger partial charge is 0.283 e. The number of nitrogens with two attached hydrogens (primary N) is 1. The first kappa shape index (κ1) is 15.7. The number of aliphatic hydroxyl groups excluding tert-OH is 1. The van der Waals surface area contributed by atoms with Gasteiger partial charge in [-0.2, -0.15) is 0 Å². The highest BCUT2D eigenvalue weighted by molar-refractivity contribution is 7.90. The van der Waals surface area contributed by atoms with Gasteiger partial charge in [-0.15, -0.1) is 0 Å². The molecule has 0 unspecified atom stereocenters. The first-order valence-electron chi connectivity index (χ1n) is 6.32. The van der Waals surface area contributed by atoms with Crippen molar-refractivity contribution in [3.05, 3.63) is 65.5 Å². The molecule has 1 amide bonds. The van der Waals surface area contributed by atoms with E-state index >= 15 is 0 Å². The van der Waals surface area contributed by atoms with Gasteiger partial charge < -0.3 is 10.8 Å². The molecule has 0 bridgehead atoms. The van der Waals surface area contributed by atoms with Gasteiger partial charge in [0, 0.05) is 6.20 Å². The number of carbonyl (C=O) groups excluding carboxylic acids is 1. The number of amides is 1. The molecule has 7 heteroatoms. The quantitative estimate of drug-likeness (QED) is 0.640.